The van der Waals surface area contributed by atoms with Crippen molar-refractivity contribution in [1.29, 1.82) is 0 Å². The molecule has 0 unspecified atom stereocenters. The van der Waals surface area contributed by atoms with Gasteiger partial charge in [-0.2, -0.15) is 10.1 Å². The van der Waals surface area contributed by atoms with Gasteiger partial charge < -0.3 is 24.3 Å². The van der Waals surface area contributed by atoms with Gasteiger partial charge in [-0.1, -0.05) is 24.3 Å². The first-order valence-electron chi connectivity index (χ1n) is 11.3. The second-order valence-corrected chi connectivity index (χ2v) is 9.24. The number of ether oxygens (including phenoxy) is 4. The van der Waals surface area contributed by atoms with E-state index in [4.69, 9.17) is 18.9 Å². The summed E-state index contributed by atoms with van der Waals surface area (Å²) in [6.45, 7) is 0. The van der Waals surface area contributed by atoms with Crippen molar-refractivity contribution in [3.8, 4) is 23.0 Å². The predicted molar refractivity (Wildman–Crippen MR) is 139 cm³/mol. The third-order valence-corrected chi connectivity index (χ3v) is 7.14. The Balaban J connectivity index is 1.60. The van der Waals surface area contributed by atoms with Gasteiger partial charge in [0.15, 0.2) is 11.5 Å². The van der Waals surface area contributed by atoms with E-state index < -0.39 is 6.10 Å². The SMILES string of the molecule is COc1ccc([C@@H]2Oc3ccccc3C3=C2[C@H](c2ccc(OC)c(OC)c2)n2ncnc2N3)cc1Br. The molecule has 0 fully saturated rings. The third kappa shape index (κ3) is 3.50. The standard InChI is InChI=1S/C27H23BrN4O4/c1-33-20-10-9-16(12-18(20)28)26-23-24(17-6-4-5-7-19(17)36-26)31-27-29-14-30-32(27)25(23)15-8-11-21(34-2)22(13-15)35-3/h4-14,25-26H,1-3H3,(H,29,30,31)/t25-,26-/m0/s1. The average molecular weight is 547 g/mol. The van der Waals surface area contributed by atoms with E-state index in [9.17, 15) is 0 Å². The predicted octanol–water partition coefficient (Wildman–Crippen LogP) is 5.63. The van der Waals surface area contributed by atoms with Crippen LogP contribution in [0, 0.1) is 0 Å². The van der Waals surface area contributed by atoms with Gasteiger partial charge in [-0.05, 0) is 63.5 Å². The minimum atomic E-state index is -0.403. The Bertz CT molecular complexity index is 1500. The lowest BCUT2D eigenvalue weighted by molar-refractivity contribution is 0.222. The van der Waals surface area contributed by atoms with E-state index >= 15 is 0 Å². The van der Waals surface area contributed by atoms with E-state index in [-0.39, 0.29) is 6.04 Å². The summed E-state index contributed by atoms with van der Waals surface area (Å²) in [4.78, 5) is 4.49. The molecule has 0 saturated heterocycles. The van der Waals surface area contributed by atoms with Crippen molar-refractivity contribution in [3.63, 3.8) is 0 Å². The monoisotopic (exact) mass is 546 g/mol. The highest BCUT2D eigenvalue weighted by atomic mass is 79.9. The molecule has 0 bridgehead atoms. The lowest BCUT2D eigenvalue weighted by atomic mass is 9.84. The van der Waals surface area contributed by atoms with Crippen molar-refractivity contribution in [2.24, 2.45) is 0 Å². The van der Waals surface area contributed by atoms with Crippen molar-refractivity contribution in [2.45, 2.75) is 12.1 Å². The topological polar surface area (TPSA) is 79.7 Å². The fourth-order valence-corrected chi connectivity index (χ4v) is 5.44. The van der Waals surface area contributed by atoms with Crippen LogP contribution in [0.15, 0.2) is 77.0 Å². The Hall–Kier alpha value is -3.98. The van der Waals surface area contributed by atoms with Crippen LogP contribution in [0.1, 0.15) is 28.8 Å². The van der Waals surface area contributed by atoms with Gasteiger partial charge in [0.2, 0.25) is 5.95 Å². The van der Waals surface area contributed by atoms with Gasteiger partial charge in [0.1, 0.15) is 30.0 Å². The smallest absolute Gasteiger partial charge is 0.226 e. The molecule has 2 aliphatic heterocycles. The second-order valence-electron chi connectivity index (χ2n) is 8.39. The van der Waals surface area contributed by atoms with E-state index in [1.807, 2.05) is 59.3 Å². The molecule has 182 valence electrons. The summed E-state index contributed by atoms with van der Waals surface area (Å²) < 4.78 is 26.0. The Morgan fingerprint density at radius 1 is 0.889 bits per heavy atom. The van der Waals surface area contributed by atoms with Gasteiger partial charge in [0.05, 0.1) is 31.5 Å². The highest BCUT2D eigenvalue weighted by molar-refractivity contribution is 9.10. The van der Waals surface area contributed by atoms with Crippen LogP contribution >= 0.6 is 15.9 Å². The number of aromatic nitrogens is 3. The van der Waals surface area contributed by atoms with Crippen LogP contribution in [0.25, 0.3) is 5.70 Å². The van der Waals surface area contributed by atoms with Crippen molar-refractivity contribution in [3.05, 3.63) is 93.7 Å². The first-order valence-corrected chi connectivity index (χ1v) is 12.1. The molecule has 0 saturated carbocycles. The van der Waals surface area contributed by atoms with Crippen LogP contribution in [-0.2, 0) is 0 Å². The first-order chi connectivity index (χ1) is 17.6. The van der Waals surface area contributed by atoms with Crippen LogP contribution in [-0.4, -0.2) is 36.1 Å². The molecule has 6 rings (SSSR count). The number of para-hydroxylation sites is 1. The van der Waals surface area contributed by atoms with Crippen LogP contribution in [0.2, 0.25) is 0 Å². The summed E-state index contributed by atoms with van der Waals surface area (Å²) in [6, 6.07) is 19.6. The zero-order valence-electron chi connectivity index (χ0n) is 19.9. The van der Waals surface area contributed by atoms with Gasteiger partial charge in [-0.3, -0.25) is 0 Å². The molecule has 4 aromatic rings. The molecule has 0 radical (unpaired) electrons. The maximum atomic E-state index is 6.68. The summed E-state index contributed by atoms with van der Waals surface area (Å²) in [5.41, 5.74) is 4.87. The summed E-state index contributed by atoms with van der Waals surface area (Å²) in [5.74, 6) is 3.49. The molecular formula is C27H23BrN4O4. The molecule has 2 aliphatic rings. The number of halogens is 1. The molecule has 1 aromatic heterocycles. The zero-order chi connectivity index (χ0) is 24.8. The largest absolute Gasteiger partial charge is 0.496 e. The highest BCUT2D eigenvalue weighted by Gasteiger charge is 2.41. The normalized spacial score (nSPS) is 17.8. The summed E-state index contributed by atoms with van der Waals surface area (Å²) in [6.07, 6.45) is 1.15. The van der Waals surface area contributed by atoms with Gasteiger partial charge >= 0.3 is 0 Å². The first kappa shape index (κ1) is 22.5. The van der Waals surface area contributed by atoms with Crippen molar-refractivity contribution >= 4 is 27.6 Å². The number of nitrogens with one attached hydrogen (secondary N) is 1. The lowest BCUT2D eigenvalue weighted by Crippen LogP contribution is -2.32. The van der Waals surface area contributed by atoms with E-state index in [0.717, 1.165) is 43.9 Å². The maximum absolute atomic E-state index is 6.68. The van der Waals surface area contributed by atoms with Crippen LogP contribution in [0.4, 0.5) is 5.95 Å². The molecule has 0 spiro atoms. The number of hydrogen-bond acceptors (Lipinski definition) is 7. The van der Waals surface area contributed by atoms with Gasteiger partial charge in [-0.25, -0.2) is 4.68 Å². The summed E-state index contributed by atoms with van der Waals surface area (Å²) in [5, 5.41) is 8.10. The van der Waals surface area contributed by atoms with E-state index in [2.05, 4.69) is 37.4 Å². The Labute approximate surface area is 216 Å². The molecule has 9 heteroatoms. The molecule has 0 amide bonds. The fraction of sp³-hybridized carbons (Fsp3) is 0.185. The summed E-state index contributed by atoms with van der Waals surface area (Å²) >= 11 is 3.64. The van der Waals surface area contributed by atoms with E-state index in [1.54, 1.807) is 27.7 Å². The molecule has 2 atom stereocenters. The number of fused-ring (bicyclic) bond motifs is 3. The molecule has 3 heterocycles. The maximum Gasteiger partial charge on any atom is 0.226 e. The number of methoxy groups -OCH3 is 3. The fourth-order valence-electron chi connectivity index (χ4n) is 4.88. The molecule has 3 aromatic carbocycles. The van der Waals surface area contributed by atoms with Crippen molar-refractivity contribution in [2.75, 3.05) is 26.6 Å². The minimum Gasteiger partial charge on any atom is -0.496 e. The Morgan fingerprint density at radius 3 is 2.42 bits per heavy atom. The Kier molecular flexibility index (Phi) is 5.56. The van der Waals surface area contributed by atoms with Crippen molar-refractivity contribution < 1.29 is 18.9 Å². The molecule has 36 heavy (non-hydrogen) atoms. The van der Waals surface area contributed by atoms with Crippen LogP contribution in [0.3, 0.4) is 0 Å². The number of nitrogens with zero attached hydrogens (tertiary/aromatic N) is 3. The Morgan fingerprint density at radius 2 is 1.64 bits per heavy atom. The van der Waals surface area contributed by atoms with Crippen LogP contribution < -0.4 is 24.3 Å². The molecular weight excluding hydrogens is 524 g/mol. The highest BCUT2D eigenvalue weighted by Crippen LogP contribution is 2.51. The van der Waals surface area contributed by atoms with E-state index in [1.165, 1.54) is 0 Å². The number of rotatable bonds is 5. The third-order valence-electron chi connectivity index (χ3n) is 6.52. The zero-order valence-corrected chi connectivity index (χ0v) is 21.4. The number of hydrogen-bond donors (Lipinski definition) is 1. The van der Waals surface area contributed by atoms with Gasteiger partial charge in [0.25, 0.3) is 0 Å². The minimum absolute atomic E-state index is 0.308. The van der Waals surface area contributed by atoms with Gasteiger partial charge in [-0.15, -0.1) is 0 Å². The molecule has 8 nitrogen and oxygen atoms in total. The van der Waals surface area contributed by atoms with Gasteiger partial charge in [0, 0.05) is 11.1 Å². The quantitative estimate of drug-likeness (QED) is 0.347. The average Bonchev–Trinajstić information content (AvgIpc) is 3.39. The number of anilines is 1. The summed E-state index contributed by atoms with van der Waals surface area (Å²) in [7, 11) is 4.91. The molecule has 0 aliphatic carbocycles. The molecule has 1 N–H and O–H groups in total. The lowest BCUT2D eigenvalue weighted by Gasteiger charge is -2.39. The second kappa shape index (κ2) is 8.91. The number of benzene rings is 3. The van der Waals surface area contributed by atoms with Crippen molar-refractivity contribution in [1.82, 2.24) is 14.8 Å². The van der Waals surface area contributed by atoms with E-state index in [0.29, 0.717) is 17.4 Å². The van der Waals surface area contributed by atoms with Crippen LogP contribution in [0.5, 0.6) is 23.0 Å².